The Kier molecular flexibility index (Phi) is 3.07. The van der Waals surface area contributed by atoms with Crippen molar-refractivity contribution in [3.05, 3.63) is 57.9 Å². The van der Waals surface area contributed by atoms with Gasteiger partial charge >= 0.3 is 0 Å². The van der Waals surface area contributed by atoms with Gasteiger partial charge in [-0.05, 0) is 36.8 Å². The first-order valence-electron chi connectivity index (χ1n) is 6.12. The Labute approximate surface area is 124 Å². The number of benzene rings is 2. The second-order valence-corrected chi connectivity index (χ2v) is 5.05. The van der Waals surface area contributed by atoms with Crippen molar-refractivity contribution in [2.45, 2.75) is 6.92 Å². The molecule has 0 radical (unpaired) electrons. The highest BCUT2D eigenvalue weighted by Gasteiger charge is 2.14. The van der Waals surface area contributed by atoms with Gasteiger partial charge in [0.25, 0.3) is 0 Å². The van der Waals surface area contributed by atoms with Crippen LogP contribution in [0.2, 0.25) is 0 Å². The highest BCUT2D eigenvalue weighted by atomic mass is 32.1. The molecule has 0 saturated carbocycles. The fourth-order valence-corrected chi connectivity index (χ4v) is 2.59. The molecule has 0 unspecified atom stereocenters. The molecule has 3 aromatic rings. The molecule has 0 atom stereocenters. The highest BCUT2D eigenvalue weighted by molar-refractivity contribution is 7.71. The second-order valence-electron chi connectivity index (χ2n) is 4.66. The smallest absolute Gasteiger partial charge is 0.182 e. The minimum atomic E-state index is -0.705. The van der Waals surface area contributed by atoms with E-state index in [4.69, 9.17) is 17.5 Å². The maximum Gasteiger partial charge on any atom is 0.182 e. The molecule has 3 nitrogen and oxygen atoms in total. The molecule has 0 fully saturated rings. The molecule has 1 aromatic heterocycles. The molecule has 21 heavy (non-hydrogen) atoms. The zero-order valence-corrected chi connectivity index (χ0v) is 11.8. The van der Waals surface area contributed by atoms with Crippen LogP contribution in [0.25, 0.3) is 16.7 Å². The van der Waals surface area contributed by atoms with Gasteiger partial charge in [0.05, 0.1) is 22.8 Å². The number of aromatic nitrogens is 2. The maximum absolute atomic E-state index is 13.8. The first-order valence-corrected chi connectivity index (χ1v) is 6.53. The minimum Gasteiger partial charge on any atom is -0.328 e. The largest absolute Gasteiger partial charge is 0.328 e. The van der Waals surface area contributed by atoms with E-state index in [9.17, 15) is 8.78 Å². The third-order valence-corrected chi connectivity index (χ3v) is 3.57. The van der Waals surface area contributed by atoms with E-state index in [1.54, 1.807) is 18.2 Å². The van der Waals surface area contributed by atoms with Crippen LogP contribution >= 0.6 is 12.2 Å². The van der Waals surface area contributed by atoms with Gasteiger partial charge in [0.2, 0.25) is 0 Å². The van der Waals surface area contributed by atoms with Crippen molar-refractivity contribution in [2.24, 2.45) is 0 Å². The van der Waals surface area contributed by atoms with Gasteiger partial charge in [-0.3, -0.25) is 4.57 Å². The predicted octanol–water partition coefficient (Wildman–Crippen LogP) is 4.15. The molecule has 0 bridgehead atoms. The number of nitrogens with zero attached hydrogens (tertiary/aromatic N) is 2. The molecule has 104 valence electrons. The fourth-order valence-electron chi connectivity index (χ4n) is 2.29. The van der Waals surface area contributed by atoms with Crippen LogP contribution in [0.1, 0.15) is 11.1 Å². The molecule has 0 aliphatic heterocycles. The lowest BCUT2D eigenvalue weighted by molar-refractivity contribution is 0.590. The maximum atomic E-state index is 13.8. The van der Waals surface area contributed by atoms with E-state index in [1.165, 1.54) is 10.6 Å². The quantitative estimate of drug-likeness (QED) is 0.686. The van der Waals surface area contributed by atoms with Crippen molar-refractivity contribution >= 4 is 23.3 Å². The number of halogens is 2. The number of H-pyrrole nitrogens is 1. The van der Waals surface area contributed by atoms with Gasteiger partial charge in [-0.1, -0.05) is 6.07 Å². The van der Waals surface area contributed by atoms with Crippen molar-refractivity contribution in [1.29, 1.82) is 5.26 Å². The molecule has 6 heteroatoms. The van der Waals surface area contributed by atoms with Crippen molar-refractivity contribution < 1.29 is 8.78 Å². The number of rotatable bonds is 1. The zero-order valence-electron chi connectivity index (χ0n) is 10.9. The van der Waals surface area contributed by atoms with Gasteiger partial charge in [0, 0.05) is 12.1 Å². The van der Waals surface area contributed by atoms with E-state index < -0.39 is 11.6 Å². The fraction of sp³-hybridized carbons (Fsp3) is 0.0667. The Bertz CT molecular complexity index is 963. The van der Waals surface area contributed by atoms with Crippen LogP contribution in [-0.4, -0.2) is 9.55 Å². The lowest BCUT2D eigenvalue weighted by Gasteiger charge is -2.09. The van der Waals surface area contributed by atoms with E-state index in [1.807, 2.05) is 13.0 Å². The summed E-state index contributed by atoms with van der Waals surface area (Å²) in [6.07, 6.45) is 0. The van der Waals surface area contributed by atoms with E-state index in [2.05, 4.69) is 4.98 Å². The van der Waals surface area contributed by atoms with Crippen LogP contribution in [0.4, 0.5) is 8.78 Å². The lowest BCUT2D eigenvalue weighted by atomic mass is 10.1. The number of hydrogen-bond donors (Lipinski definition) is 1. The monoisotopic (exact) mass is 301 g/mol. The number of nitrogens with one attached hydrogen (secondary N) is 1. The summed E-state index contributed by atoms with van der Waals surface area (Å²) in [5.41, 5.74) is 2.36. The van der Waals surface area contributed by atoms with Crippen LogP contribution in [-0.2, 0) is 0 Å². The third-order valence-electron chi connectivity index (χ3n) is 3.29. The lowest BCUT2D eigenvalue weighted by Crippen LogP contribution is -1.98. The van der Waals surface area contributed by atoms with Gasteiger partial charge in [0.1, 0.15) is 11.3 Å². The Morgan fingerprint density at radius 3 is 2.71 bits per heavy atom. The average molecular weight is 301 g/mol. The predicted molar refractivity (Wildman–Crippen MR) is 77.8 cm³/mol. The molecule has 0 aliphatic carbocycles. The number of imidazole rings is 1. The summed E-state index contributed by atoms with van der Waals surface area (Å²) in [7, 11) is 0. The summed E-state index contributed by atoms with van der Waals surface area (Å²) in [4.78, 5) is 2.74. The normalized spacial score (nSPS) is 10.8. The van der Waals surface area contributed by atoms with E-state index in [0.717, 1.165) is 11.6 Å². The average Bonchev–Trinajstić information content (AvgIpc) is 2.76. The Morgan fingerprint density at radius 2 is 2.00 bits per heavy atom. The van der Waals surface area contributed by atoms with Gasteiger partial charge in [-0.2, -0.15) is 5.26 Å². The number of fused-ring (bicyclic) bond motifs is 1. The molecule has 0 amide bonds. The summed E-state index contributed by atoms with van der Waals surface area (Å²) in [6.45, 7) is 1.84. The highest BCUT2D eigenvalue weighted by Crippen LogP contribution is 2.25. The number of aromatic amines is 1. The zero-order chi connectivity index (χ0) is 15.1. The molecule has 0 saturated heterocycles. The molecule has 2 aromatic carbocycles. The van der Waals surface area contributed by atoms with E-state index in [-0.39, 0.29) is 10.3 Å². The van der Waals surface area contributed by atoms with E-state index in [0.29, 0.717) is 16.8 Å². The van der Waals surface area contributed by atoms with Gasteiger partial charge in [0.15, 0.2) is 10.6 Å². The molecular weight excluding hydrogens is 292 g/mol. The van der Waals surface area contributed by atoms with Crippen LogP contribution in [0.3, 0.4) is 0 Å². The van der Waals surface area contributed by atoms with Crippen molar-refractivity contribution in [1.82, 2.24) is 9.55 Å². The summed E-state index contributed by atoms with van der Waals surface area (Å²) in [5, 5.41) is 9.01. The summed E-state index contributed by atoms with van der Waals surface area (Å²) in [6, 6.07) is 9.14. The summed E-state index contributed by atoms with van der Waals surface area (Å²) < 4.78 is 29.1. The minimum absolute atomic E-state index is 0.142. The van der Waals surface area contributed by atoms with Crippen molar-refractivity contribution in [2.75, 3.05) is 0 Å². The first-order chi connectivity index (χ1) is 10.0. The Morgan fingerprint density at radius 1 is 1.24 bits per heavy atom. The number of hydrogen-bond acceptors (Lipinski definition) is 2. The summed E-state index contributed by atoms with van der Waals surface area (Å²) >= 11 is 5.21. The van der Waals surface area contributed by atoms with Gasteiger partial charge in [-0.25, -0.2) is 8.78 Å². The molecule has 3 rings (SSSR count). The molecule has 0 spiro atoms. The van der Waals surface area contributed by atoms with Crippen LogP contribution in [0.5, 0.6) is 0 Å². The Hall–Kier alpha value is -2.52. The van der Waals surface area contributed by atoms with E-state index >= 15 is 0 Å². The third kappa shape index (κ3) is 2.12. The van der Waals surface area contributed by atoms with Gasteiger partial charge < -0.3 is 4.98 Å². The van der Waals surface area contributed by atoms with Crippen molar-refractivity contribution in [3.8, 4) is 11.8 Å². The standard InChI is InChI=1S/C15H9F2N3S/c1-8-2-3-9(7-18)4-12(8)20-13-6-10(16)5-11(17)14(13)19-15(20)21/h2-6H,1H3,(H,19,21). The number of aryl methyl sites for hydroxylation is 1. The topological polar surface area (TPSA) is 44.5 Å². The SMILES string of the molecule is Cc1ccc(C#N)cc1-n1c(=S)[nH]c2c(F)cc(F)cc21. The van der Waals surface area contributed by atoms with Crippen molar-refractivity contribution in [3.63, 3.8) is 0 Å². The Balaban J connectivity index is 2.44. The second kappa shape index (κ2) is 4.79. The molecule has 0 aliphatic rings. The molecule has 1 heterocycles. The molecular formula is C15H9F2N3S. The van der Waals surface area contributed by atoms with Crippen LogP contribution in [0.15, 0.2) is 30.3 Å². The summed E-state index contributed by atoms with van der Waals surface area (Å²) in [5.74, 6) is -1.39. The number of nitriles is 1. The van der Waals surface area contributed by atoms with Crippen LogP contribution < -0.4 is 0 Å². The first kappa shape index (κ1) is 13.5. The van der Waals surface area contributed by atoms with Crippen LogP contribution in [0, 0.1) is 34.7 Å². The molecule has 1 N–H and O–H groups in total. The van der Waals surface area contributed by atoms with Gasteiger partial charge in [-0.15, -0.1) is 0 Å².